The number of likely N-dealkylation sites (N-methyl/N-ethyl adjacent to an activating group) is 2. The molecule has 0 N–H and O–H groups in total. The Bertz CT molecular complexity index is 458. The summed E-state index contributed by atoms with van der Waals surface area (Å²) >= 11 is 0. The van der Waals surface area contributed by atoms with Crippen molar-refractivity contribution in [3.63, 3.8) is 0 Å². The van der Waals surface area contributed by atoms with Crippen LogP contribution in [0, 0.1) is 0 Å². The minimum Gasteiger partial charge on any atom is -0.308 e. The highest BCUT2D eigenvalue weighted by Crippen LogP contribution is 2.38. The molecule has 3 amide bonds. The fourth-order valence-electron chi connectivity index (χ4n) is 2.52. The Morgan fingerprint density at radius 3 is 2.12 bits per heavy atom. The van der Waals surface area contributed by atoms with Crippen molar-refractivity contribution in [3.05, 3.63) is 35.9 Å². The number of nitrogens with zero attached hydrogens (tertiary/aromatic N) is 2. The number of hydrogen-bond acceptors (Lipinski definition) is 2. The van der Waals surface area contributed by atoms with Crippen molar-refractivity contribution < 1.29 is 9.59 Å². The van der Waals surface area contributed by atoms with Crippen LogP contribution in [0.4, 0.5) is 4.79 Å². The molecule has 1 aromatic carbocycles. The quantitative estimate of drug-likeness (QED) is 0.730. The lowest BCUT2D eigenvalue weighted by Gasteiger charge is -2.32. The van der Waals surface area contributed by atoms with E-state index in [1.807, 2.05) is 37.3 Å². The summed E-state index contributed by atoms with van der Waals surface area (Å²) in [6.07, 6.45) is 0.572. The molecule has 2 rings (SSSR count). The SMILES string of the molecule is CCC1(c2ccccc2)C(=O)N(C)C(=O)N1C. The first-order valence-electron chi connectivity index (χ1n) is 5.67. The predicted molar refractivity (Wildman–Crippen MR) is 64.3 cm³/mol. The molecule has 1 aliphatic rings. The zero-order valence-corrected chi connectivity index (χ0v) is 10.3. The van der Waals surface area contributed by atoms with Gasteiger partial charge >= 0.3 is 6.03 Å². The van der Waals surface area contributed by atoms with Crippen LogP contribution in [0.1, 0.15) is 18.9 Å². The third-order valence-corrected chi connectivity index (χ3v) is 3.57. The summed E-state index contributed by atoms with van der Waals surface area (Å²) in [7, 11) is 3.21. The van der Waals surface area contributed by atoms with Gasteiger partial charge in [-0.2, -0.15) is 0 Å². The van der Waals surface area contributed by atoms with Crippen LogP contribution in [-0.2, 0) is 10.3 Å². The van der Waals surface area contributed by atoms with Gasteiger partial charge < -0.3 is 4.90 Å². The van der Waals surface area contributed by atoms with Crippen molar-refractivity contribution in [2.45, 2.75) is 18.9 Å². The van der Waals surface area contributed by atoms with Gasteiger partial charge in [-0.15, -0.1) is 0 Å². The second-order valence-corrected chi connectivity index (χ2v) is 4.29. The number of carbonyl (C=O) groups excluding carboxylic acids is 2. The summed E-state index contributed by atoms with van der Waals surface area (Å²) < 4.78 is 0. The molecule has 1 heterocycles. The maximum absolute atomic E-state index is 12.3. The fourth-order valence-corrected chi connectivity index (χ4v) is 2.52. The van der Waals surface area contributed by atoms with E-state index in [0.29, 0.717) is 6.42 Å². The van der Waals surface area contributed by atoms with Gasteiger partial charge in [0.15, 0.2) is 0 Å². The summed E-state index contributed by atoms with van der Waals surface area (Å²) in [5.41, 5.74) is 0.0281. The molecule has 0 spiro atoms. The summed E-state index contributed by atoms with van der Waals surface area (Å²) in [6.45, 7) is 1.92. The Labute approximate surface area is 101 Å². The first kappa shape index (κ1) is 11.6. The maximum Gasteiger partial charge on any atom is 0.327 e. The van der Waals surface area contributed by atoms with Crippen LogP contribution in [-0.4, -0.2) is 35.8 Å². The van der Waals surface area contributed by atoms with Gasteiger partial charge in [-0.1, -0.05) is 37.3 Å². The summed E-state index contributed by atoms with van der Waals surface area (Å²) in [4.78, 5) is 27.0. The largest absolute Gasteiger partial charge is 0.327 e. The zero-order chi connectivity index (χ0) is 12.6. The Hall–Kier alpha value is -1.84. The number of amides is 3. The van der Waals surface area contributed by atoms with Gasteiger partial charge in [0.1, 0.15) is 5.54 Å². The topological polar surface area (TPSA) is 40.6 Å². The predicted octanol–water partition coefficient (Wildman–Crippen LogP) is 1.82. The fraction of sp³-hybridized carbons (Fsp3) is 0.385. The van der Waals surface area contributed by atoms with Crippen molar-refractivity contribution in [2.75, 3.05) is 14.1 Å². The van der Waals surface area contributed by atoms with Gasteiger partial charge in [0.05, 0.1) is 0 Å². The molecule has 0 aromatic heterocycles. The minimum atomic E-state index is -0.840. The molecular weight excluding hydrogens is 216 g/mol. The smallest absolute Gasteiger partial charge is 0.308 e. The molecule has 4 nitrogen and oxygen atoms in total. The van der Waals surface area contributed by atoms with E-state index < -0.39 is 5.54 Å². The molecule has 1 fully saturated rings. The number of carbonyl (C=O) groups is 2. The summed E-state index contributed by atoms with van der Waals surface area (Å²) in [6, 6.07) is 9.21. The van der Waals surface area contributed by atoms with Crippen LogP contribution in [0.5, 0.6) is 0 Å². The lowest BCUT2D eigenvalue weighted by molar-refractivity contribution is -0.132. The second-order valence-electron chi connectivity index (χ2n) is 4.29. The van der Waals surface area contributed by atoms with Crippen LogP contribution in [0.15, 0.2) is 30.3 Å². The second kappa shape index (κ2) is 3.87. The molecule has 1 saturated heterocycles. The third-order valence-electron chi connectivity index (χ3n) is 3.57. The molecule has 0 saturated carbocycles. The van der Waals surface area contributed by atoms with Gasteiger partial charge in [0.2, 0.25) is 0 Å². The third kappa shape index (κ3) is 1.37. The van der Waals surface area contributed by atoms with Gasteiger partial charge in [0.25, 0.3) is 5.91 Å². The van der Waals surface area contributed by atoms with Crippen molar-refractivity contribution in [1.29, 1.82) is 0 Å². The molecule has 1 unspecified atom stereocenters. The van der Waals surface area contributed by atoms with E-state index in [1.165, 1.54) is 16.8 Å². The van der Waals surface area contributed by atoms with Crippen molar-refractivity contribution in [1.82, 2.24) is 9.80 Å². The van der Waals surface area contributed by atoms with Crippen LogP contribution in [0.3, 0.4) is 0 Å². The lowest BCUT2D eigenvalue weighted by atomic mass is 9.86. The molecule has 0 radical (unpaired) electrons. The molecule has 0 bridgehead atoms. The number of rotatable bonds is 2. The van der Waals surface area contributed by atoms with E-state index in [0.717, 1.165) is 5.56 Å². The van der Waals surface area contributed by atoms with Crippen LogP contribution in [0.25, 0.3) is 0 Å². The average molecular weight is 232 g/mol. The Balaban J connectivity index is 2.59. The highest BCUT2D eigenvalue weighted by atomic mass is 16.2. The standard InChI is InChI=1S/C13H16N2O2/c1-4-13(10-8-6-5-7-9-10)11(16)14(2)12(17)15(13)3/h5-9H,4H2,1-3H3. The molecular formula is C13H16N2O2. The number of imide groups is 1. The van der Waals surface area contributed by atoms with Gasteiger partial charge in [0, 0.05) is 14.1 Å². The maximum atomic E-state index is 12.3. The van der Waals surface area contributed by atoms with E-state index in [2.05, 4.69) is 0 Å². The molecule has 0 aliphatic carbocycles. The normalized spacial score (nSPS) is 24.6. The van der Waals surface area contributed by atoms with Gasteiger partial charge in [-0.25, -0.2) is 4.79 Å². The molecule has 1 aliphatic heterocycles. The number of urea groups is 1. The summed E-state index contributed by atoms with van der Waals surface area (Å²) in [5.74, 6) is -0.154. The van der Waals surface area contributed by atoms with E-state index in [9.17, 15) is 9.59 Å². The van der Waals surface area contributed by atoms with Crippen molar-refractivity contribution in [3.8, 4) is 0 Å². The monoisotopic (exact) mass is 232 g/mol. The number of hydrogen-bond donors (Lipinski definition) is 0. The van der Waals surface area contributed by atoms with Crippen LogP contribution in [0.2, 0.25) is 0 Å². The van der Waals surface area contributed by atoms with Crippen LogP contribution < -0.4 is 0 Å². The van der Waals surface area contributed by atoms with Crippen molar-refractivity contribution >= 4 is 11.9 Å². The molecule has 4 heteroatoms. The molecule has 1 aromatic rings. The number of benzene rings is 1. The van der Waals surface area contributed by atoms with E-state index in [4.69, 9.17) is 0 Å². The first-order chi connectivity index (χ1) is 8.05. The van der Waals surface area contributed by atoms with Crippen molar-refractivity contribution in [2.24, 2.45) is 0 Å². The Morgan fingerprint density at radius 2 is 1.71 bits per heavy atom. The van der Waals surface area contributed by atoms with Gasteiger partial charge in [-0.05, 0) is 12.0 Å². The van der Waals surface area contributed by atoms with E-state index in [1.54, 1.807) is 7.05 Å². The van der Waals surface area contributed by atoms with E-state index in [-0.39, 0.29) is 11.9 Å². The molecule has 1 atom stereocenters. The molecule has 90 valence electrons. The summed E-state index contributed by atoms with van der Waals surface area (Å²) in [5, 5.41) is 0. The first-order valence-corrected chi connectivity index (χ1v) is 5.67. The highest BCUT2D eigenvalue weighted by molar-refractivity contribution is 6.07. The Kier molecular flexibility index (Phi) is 2.65. The highest BCUT2D eigenvalue weighted by Gasteiger charge is 2.54. The van der Waals surface area contributed by atoms with Gasteiger partial charge in [-0.3, -0.25) is 9.69 Å². The Morgan fingerprint density at radius 1 is 1.12 bits per heavy atom. The minimum absolute atomic E-state index is 0.154. The molecule has 17 heavy (non-hydrogen) atoms. The average Bonchev–Trinajstić information content (AvgIpc) is 2.54. The van der Waals surface area contributed by atoms with E-state index >= 15 is 0 Å². The lowest BCUT2D eigenvalue weighted by Crippen LogP contribution is -2.44. The van der Waals surface area contributed by atoms with Crippen LogP contribution >= 0.6 is 0 Å². The zero-order valence-electron chi connectivity index (χ0n) is 10.3.